The molecule has 0 aliphatic heterocycles. The molecule has 1 aliphatic rings. The highest BCUT2D eigenvalue weighted by Crippen LogP contribution is 2.35. The number of ether oxygens (including phenoxy) is 3. The first-order chi connectivity index (χ1) is 21.6. The van der Waals surface area contributed by atoms with Crippen molar-refractivity contribution in [3.63, 3.8) is 0 Å². The van der Waals surface area contributed by atoms with Crippen LogP contribution in [0, 0.1) is 11.6 Å². The van der Waals surface area contributed by atoms with Crippen LogP contribution in [0.15, 0.2) is 30.5 Å². The fourth-order valence-electron chi connectivity index (χ4n) is 5.21. The molecule has 46 heavy (non-hydrogen) atoms. The van der Waals surface area contributed by atoms with Gasteiger partial charge >= 0.3 is 6.09 Å². The molecule has 13 heteroatoms. The van der Waals surface area contributed by atoms with Crippen LogP contribution in [-0.2, 0) is 27.4 Å². The summed E-state index contributed by atoms with van der Waals surface area (Å²) >= 11 is 6.27. The van der Waals surface area contributed by atoms with Crippen molar-refractivity contribution in [2.75, 3.05) is 6.61 Å². The van der Waals surface area contributed by atoms with Gasteiger partial charge in [0.15, 0.2) is 17.4 Å². The van der Waals surface area contributed by atoms with E-state index in [0.717, 1.165) is 50.3 Å². The molecule has 252 valence electrons. The number of rotatable bonds is 12. The lowest BCUT2D eigenvalue weighted by Gasteiger charge is -2.27. The molecule has 2 amide bonds. The largest absolute Gasteiger partial charge is 0.450 e. The van der Waals surface area contributed by atoms with Gasteiger partial charge in [0.25, 0.3) is 0 Å². The fourth-order valence-corrected chi connectivity index (χ4v) is 6.15. The Hall–Kier alpha value is -3.22. The van der Waals surface area contributed by atoms with Crippen molar-refractivity contribution in [1.82, 2.24) is 20.2 Å². The zero-order valence-corrected chi connectivity index (χ0v) is 29.2. The Morgan fingerprint density at radius 1 is 1.11 bits per heavy atom. The molecule has 1 aliphatic carbocycles. The van der Waals surface area contributed by atoms with Crippen LogP contribution < -0.4 is 15.4 Å². The molecule has 1 saturated carbocycles. The predicted molar refractivity (Wildman–Crippen MR) is 177 cm³/mol. The SMILES string of the molecule is CC(C)(C)OC(=O)N[C@H](Cc1cc(F)c(Oc2cc(Cl)nc3c2ccn3COCC[Si](C)(C)C)c(F)c1)C(=O)NC1CCCCC1. The summed E-state index contributed by atoms with van der Waals surface area (Å²) in [5.41, 5.74) is -0.191. The molecule has 0 bridgehead atoms. The van der Waals surface area contributed by atoms with Crippen LogP contribution >= 0.6 is 11.6 Å². The van der Waals surface area contributed by atoms with E-state index in [1.54, 1.807) is 37.6 Å². The van der Waals surface area contributed by atoms with Gasteiger partial charge in [-0.1, -0.05) is 50.5 Å². The summed E-state index contributed by atoms with van der Waals surface area (Å²) in [6.07, 6.45) is 5.56. The summed E-state index contributed by atoms with van der Waals surface area (Å²) in [7, 11) is -1.26. The number of alkyl carbamates (subject to hydrolysis) is 1. The number of fused-ring (bicyclic) bond motifs is 1. The zero-order valence-electron chi connectivity index (χ0n) is 27.5. The van der Waals surface area contributed by atoms with Gasteiger partial charge in [0.2, 0.25) is 5.91 Å². The van der Waals surface area contributed by atoms with Crippen LogP contribution in [-0.4, -0.2) is 53.9 Å². The van der Waals surface area contributed by atoms with E-state index in [1.165, 1.54) is 6.07 Å². The van der Waals surface area contributed by atoms with Crippen LogP contribution in [0.1, 0.15) is 58.4 Å². The Labute approximate surface area is 275 Å². The smallest absolute Gasteiger partial charge is 0.408 e. The topological polar surface area (TPSA) is 104 Å². The van der Waals surface area contributed by atoms with Gasteiger partial charge in [0, 0.05) is 39.4 Å². The van der Waals surface area contributed by atoms with Gasteiger partial charge in [0.05, 0.1) is 5.39 Å². The molecule has 2 aromatic heterocycles. The van der Waals surface area contributed by atoms with E-state index in [9.17, 15) is 9.59 Å². The van der Waals surface area contributed by atoms with Crippen LogP contribution in [0.4, 0.5) is 13.6 Å². The third-order valence-corrected chi connectivity index (χ3v) is 9.46. The Balaban J connectivity index is 1.52. The van der Waals surface area contributed by atoms with Gasteiger partial charge in [-0.2, -0.15) is 0 Å². The second-order valence-corrected chi connectivity index (χ2v) is 20.1. The molecule has 0 radical (unpaired) electrons. The monoisotopic (exact) mass is 678 g/mol. The standard InChI is InChI=1S/C33H45ClF2N4O5Si/c1-33(2,3)45-32(42)38-26(31(41)37-22-10-8-7-9-11-22)18-21-16-24(35)29(25(36)17-21)44-27-19-28(34)39-30-23(27)12-13-40(30)20-43-14-15-46(4,5)6/h12-13,16-17,19,22,26H,7-11,14-15,18,20H2,1-6H3,(H,37,41)(H,38,42)/t26-/m1/s1. The van der Waals surface area contributed by atoms with E-state index in [0.29, 0.717) is 17.6 Å². The van der Waals surface area contributed by atoms with Crippen molar-refractivity contribution >= 4 is 42.7 Å². The van der Waals surface area contributed by atoms with E-state index in [4.69, 9.17) is 25.8 Å². The van der Waals surface area contributed by atoms with E-state index in [1.807, 2.05) is 0 Å². The third kappa shape index (κ3) is 10.4. The Morgan fingerprint density at radius 3 is 2.41 bits per heavy atom. The Bertz CT molecular complexity index is 1510. The maximum absolute atomic E-state index is 15.5. The van der Waals surface area contributed by atoms with Crippen molar-refractivity contribution in [2.45, 2.75) is 109 Å². The highest BCUT2D eigenvalue weighted by atomic mass is 35.5. The summed E-state index contributed by atoms with van der Waals surface area (Å²) in [5, 5.41) is 6.14. The lowest BCUT2D eigenvalue weighted by atomic mass is 9.95. The molecule has 1 aromatic carbocycles. The third-order valence-electron chi connectivity index (χ3n) is 7.56. The maximum Gasteiger partial charge on any atom is 0.408 e. The van der Waals surface area contributed by atoms with Gasteiger partial charge in [-0.05, 0) is 63.4 Å². The van der Waals surface area contributed by atoms with Gasteiger partial charge in [-0.3, -0.25) is 4.79 Å². The predicted octanol–water partition coefficient (Wildman–Crippen LogP) is 7.96. The normalized spacial score (nSPS) is 15.1. The fraction of sp³-hybridized carbons (Fsp3) is 0.545. The van der Waals surface area contributed by atoms with Gasteiger partial charge in [-0.15, -0.1) is 0 Å². The van der Waals surface area contributed by atoms with Crippen molar-refractivity contribution in [1.29, 1.82) is 0 Å². The molecule has 0 spiro atoms. The van der Waals surface area contributed by atoms with E-state index < -0.39 is 49.1 Å². The minimum Gasteiger partial charge on any atom is -0.450 e. The molecule has 3 aromatic rings. The van der Waals surface area contributed by atoms with Crippen molar-refractivity contribution in [3.8, 4) is 11.5 Å². The molecular formula is C33H45ClF2N4O5Si. The highest BCUT2D eigenvalue weighted by molar-refractivity contribution is 6.76. The van der Waals surface area contributed by atoms with Gasteiger partial charge < -0.3 is 29.4 Å². The van der Waals surface area contributed by atoms with E-state index >= 15 is 8.78 Å². The lowest BCUT2D eigenvalue weighted by molar-refractivity contribution is -0.124. The first kappa shape index (κ1) is 35.6. The van der Waals surface area contributed by atoms with Crippen LogP contribution in [0.5, 0.6) is 11.5 Å². The van der Waals surface area contributed by atoms with E-state index in [2.05, 4.69) is 35.3 Å². The number of aromatic nitrogens is 2. The minimum atomic E-state index is -1.26. The first-order valence-corrected chi connectivity index (χ1v) is 19.9. The number of benzene rings is 1. The second-order valence-electron chi connectivity index (χ2n) is 14.1. The molecule has 2 heterocycles. The summed E-state index contributed by atoms with van der Waals surface area (Å²) in [5.74, 6) is -2.91. The number of carbonyl (C=O) groups excluding carboxylic acids is 2. The summed E-state index contributed by atoms with van der Waals surface area (Å²) in [6, 6.07) is 5.16. The molecule has 4 rings (SSSR count). The van der Waals surface area contributed by atoms with Crippen molar-refractivity contribution in [2.24, 2.45) is 0 Å². The quantitative estimate of drug-likeness (QED) is 0.114. The molecule has 1 atom stereocenters. The second kappa shape index (κ2) is 15.1. The Morgan fingerprint density at radius 2 is 1.78 bits per heavy atom. The average molecular weight is 679 g/mol. The summed E-state index contributed by atoms with van der Waals surface area (Å²) < 4.78 is 49.6. The van der Waals surface area contributed by atoms with Gasteiger partial charge in [0.1, 0.15) is 34.9 Å². The highest BCUT2D eigenvalue weighted by Gasteiger charge is 2.28. The van der Waals surface area contributed by atoms with Gasteiger partial charge in [-0.25, -0.2) is 18.6 Å². The molecule has 2 N–H and O–H groups in total. The molecular weight excluding hydrogens is 634 g/mol. The number of amides is 2. The number of carbonyl (C=O) groups is 2. The van der Waals surface area contributed by atoms with E-state index in [-0.39, 0.29) is 35.7 Å². The number of halogens is 3. The molecule has 0 saturated heterocycles. The number of pyridine rings is 1. The van der Waals surface area contributed by atoms with Crippen molar-refractivity contribution < 1.29 is 32.6 Å². The summed E-state index contributed by atoms with van der Waals surface area (Å²) in [6.45, 7) is 12.8. The minimum absolute atomic E-state index is 0.0240. The number of hydrogen-bond donors (Lipinski definition) is 2. The number of hydrogen-bond acceptors (Lipinski definition) is 6. The van der Waals surface area contributed by atoms with Crippen LogP contribution in [0.2, 0.25) is 30.8 Å². The summed E-state index contributed by atoms with van der Waals surface area (Å²) in [4.78, 5) is 30.2. The zero-order chi connectivity index (χ0) is 33.6. The molecule has 1 fully saturated rings. The lowest BCUT2D eigenvalue weighted by Crippen LogP contribution is -2.51. The first-order valence-electron chi connectivity index (χ1n) is 15.8. The van der Waals surface area contributed by atoms with Crippen molar-refractivity contribution in [3.05, 3.63) is 52.8 Å². The molecule has 9 nitrogen and oxygen atoms in total. The van der Waals surface area contributed by atoms with Crippen LogP contribution in [0.3, 0.4) is 0 Å². The number of nitrogens with zero attached hydrogens (tertiary/aromatic N) is 2. The molecule has 0 unspecified atom stereocenters. The number of nitrogens with one attached hydrogen (secondary N) is 2. The Kier molecular flexibility index (Phi) is 11.7. The maximum atomic E-state index is 15.5. The average Bonchev–Trinajstić information content (AvgIpc) is 3.34. The van der Waals surface area contributed by atoms with Crippen LogP contribution in [0.25, 0.3) is 11.0 Å².